The second-order valence-electron chi connectivity index (χ2n) is 6.12. The van der Waals surface area contributed by atoms with Gasteiger partial charge in [-0.05, 0) is 43.7 Å². The highest BCUT2D eigenvalue weighted by molar-refractivity contribution is 6.28. The first-order valence-electron chi connectivity index (χ1n) is 8.04. The van der Waals surface area contributed by atoms with E-state index >= 15 is 0 Å². The summed E-state index contributed by atoms with van der Waals surface area (Å²) in [6.45, 7) is 3.88. The molecule has 0 spiro atoms. The van der Waals surface area contributed by atoms with E-state index in [2.05, 4.69) is 4.99 Å². The fraction of sp³-hybridized carbons (Fsp3) is 0.150. The molecule has 26 heavy (non-hydrogen) atoms. The van der Waals surface area contributed by atoms with Gasteiger partial charge >= 0.3 is 5.97 Å². The summed E-state index contributed by atoms with van der Waals surface area (Å²) < 4.78 is 0. The van der Waals surface area contributed by atoms with Crippen LogP contribution >= 0.6 is 11.6 Å². The molecule has 0 bridgehead atoms. The van der Waals surface area contributed by atoms with Crippen molar-refractivity contribution in [3.63, 3.8) is 0 Å². The molecule has 0 atom stereocenters. The van der Waals surface area contributed by atoms with Crippen LogP contribution in [0.4, 0.5) is 5.69 Å². The molecule has 0 radical (unpaired) electrons. The number of halogens is 1. The highest BCUT2D eigenvalue weighted by atomic mass is 35.5. The Kier molecular flexibility index (Phi) is 4.91. The number of amidine groups is 1. The number of nitrogens with zero attached hydrogens (tertiary/aromatic N) is 2. The molecule has 0 fully saturated rings. The molecule has 0 aliphatic heterocycles. The number of aromatic carboxylic acids is 1. The number of hydrogen-bond donors (Lipinski definition) is 2. The van der Waals surface area contributed by atoms with Crippen LogP contribution in [0.5, 0.6) is 0 Å². The van der Waals surface area contributed by atoms with Gasteiger partial charge < -0.3 is 10.8 Å². The summed E-state index contributed by atoms with van der Waals surface area (Å²) in [6.07, 6.45) is 0. The van der Waals surface area contributed by atoms with E-state index in [0.29, 0.717) is 28.1 Å². The van der Waals surface area contributed by atoms with E-state index in [1.54, 1.807) is 18.2 Å². The zero-order valence-electron chi connectivity index (χ0n) is 14.5. The van der Waals surface area contributed by atoms with Crippen LogP contribution in [0, 0.1) is 13.8 Å². The van der Waals surface area contributed by atoms with Crippen LogP contribution in [0.15, 0.2) is 47.5 Å². The number of carboxylic acids is 1. The van der Waals surface area contributed by atoms with Gasteiger partial charge in [0, 0.05) is 10.9 Å². The second-order valence-corrected chi connectivity index (χ2v) is 6.39. The van der Waals surface area contributed by atoms with Crippen molar-refractivity contribution in [1.82, 2.24) is 4.98 Å². The lowest BCUT2D eigenvalue weighted by molar-refractivity contribution is 0.0699. The summed E-state index contributed by atoms with van der Waals surface area (Å²) in [4.78, 5) is 20.6. The van der Waals surface area contributed by atoms with Gasteiger partial charge in [-0.3, -0.25) is 0 Å². The number of aromatic nitrogens is 1. The minimum absolute atomic E-state index is 0.161. The number of pyridine rings is 1. The number of alkyl halides is 1. The van der Waals surface area contributed by atoms with Crippen molar-refractivity contribution in [1.29, 1.82) is 0 Å². The van der Waals surface area contributed by atoms with Gasteiger partial charge in [0.2, 0.25) is 0 Å². The fourth-order valence-electron chi connectivity index (χ4n) is 2.91. The number of aliphatic imine (C=N–C) groups is 1. The maximum Gasteiger partial charge on any atom is 0.336 e. The predicted octanol–water partition coefficient (Wildman–Crippen LogP) is 4.44. The number of hydrogen-bond acceptors (Lipinski definition) is 3. The summed E-state index contributed by atoms with van der Waals surface area (Å²) in [5.41, 5.74) is 10.6. The van der Waals surface area contributed by atoms with E-state index in [9.17, 15) is 9.90 Å². The van der Waals surface area contributed by atoms with E-state index < -0.39 is 5.97 Å². The summed E-state index contributed by atoms with van der Waals surface area (Å²) in [6, 6.07) is 12.7. The molecular weight excluding hydrogens is 350 g/mol. The lowest BCUT2D eigenvalue weighted by atomic mass is 10.00. The molecule has 5 nitrogen and oxygen atoms in total. The first kappa shape index (κ1) is 17.9. The zero-order valence-corrected chi connectivity index (χ0v) is 15.2. The Morgan fingerprint density at radius 2 is 1.88 bits per heavy atom. The van der Waals surface area contributed by atoms with Crippen LogP contribution in [-0.2, 0) is 0 Å². The molecule has 0 aliphatic rings. The Morgan fingerprint density at radius 3 is 2.50 bits per heavy atom. The van der Waals surface area contributed by atoms with Crippen LogP contribution in [0.2, 0.25) is 0 Å². The monoisotopic (exact) mass is 367 g/mol. The normalized spacial score (nSPS) is 11.7. The lowest BCUT2D eigenvalue weighted by Gasteiger charge is -2.10. The van der Waals surface area contributed by atoms with Crippen molar-refractivity contribution in [3.05, 3.63) is 59.2 Å². The van der Waals surface area contributed by atoms with E-state index in [1.165, 1.54) is 0 Å². The zero-order chi connectivity index (χ0) is 18.8. The number of carbonyl (C=O) groups is 1. The smallest absolute Gasteiger partial charge is 0.336 e. The SMILES string of the molecule is Cc1cc(C)c2nc(-c3ccc(N=C(N)CCl)cc3)cc(C(=O)O)c2c1. The molecule has 3 aromatic rings. The van der Waals surface area contributed by atoms with E-state index in [-0.39, 0.29) is 11.4 Å². The number of rotatable bonds is 4. The van der Waals surface area contributed by atoms with Crippen LogP contribution < -0.4 is 5.73 Å². The molecule has 1 heterocycles. The standard InChI is InChI=1S/C20H18ClN3O2/c1-11-7-12(2)19-15(8-11)16(20(25)26)9-17(24-19)13-3-5-14(6-4-13)23-18(22)10-21/h3-9H,10H2,1-2H3,(H2,22,23)(H,25,26). The molecule has 0 aliphatic carbocycles. The summed E-state index contributed by atoms with van der Waals surface area (Å²) in [5.74, 6) is -0.476. The average Bonchev–Trinajstić information content (AvgIpc) is 2.61. The van der Waals surface area contributed by atoms with Crippen molar-refractivity contribution >= 4 is 40.0 Å². The van der Waals surface area contributed by atoms with Crippen molar-refractivity contribution in [2.45, 2.75) is 13.8 Å². The van der Waals surface area contributed by atoms with Gasteiger partial charge in [0.15, 0.2) is 0 Å². The largest absolute Gasteiger partial charge is 0.478 e. The quantitative estimate of drug-likeness (QED) is 0.405. The van der Waals surface area contributed by atoms with Crippen molar-refractivity contribution in [2.75, 3.05) is 5.88 Å². The maximum atomic E-state index is 11.8. The predicted molar refractivity (Wildman–Crippen MR) is 106 cm³/mol. The summed E-state index contributed by atoms with van der Waals surface area (Å²) in [7, 11) is 0. The molecule has 3 rings (SSSR count). The average molecular weight is 368 g/mol. The molecule has 1 aromatic heterocycles. The Bertz CT molecular complexity index is 1030. The van der Waals surface area contributed by atoms with Gasteiger partial charge in [0.05, 0.1) is 28.3 Å². The third-order valence-corrected chi connectivity index (χ3v) is 4.33. The highest BCUT2D eigenvalue weighted by Gasteiger charge is 2.15. The van der Waals surface area contributed by atoms with Crippen LogP contribution in [0.25, 0.3) is 22.2 Å². The highest BCUT2D eigenvalue weighted by Crippen LogP contribution is 2.29. The van der Waals surface area contributed by atoms with Crippen molar-refractivity contribution < 1.29 is 9.90 Å². The minimum Gasteiger partial charge on any atom is -0.478 e. The van der Waals surface area contributed by atoms with E-state index in [0.717, 1.165) is 16.7 Å². The summed E-state index contributed by atoms with van der Waals surface area (Å²) in [5, 5.41) is 10.3. The van der Waals surface area contributed by atoms with Gasteiger partial charge in [0.1, 0.15) is 5.84 Å². The minimum atomic E-state index is -0.972. The van der Waals surface area contributed by atoms with E-state index in [1.807, 2.05) is 38.1 Å². The first-order valence-corrected chi connectivity index (χ1v) is 8.57. The third kappa shape index (κ3) is 3.53. The van der Waals surface area contributed by atoms with Crippen LogP contribution in [0.3, 0.4) is 0 Å². The van der Waals surface area contributed by atoms with Gasteiger partial charge in [-0.1, -0.05) is 23.8 Å². The number of fused-ring (bicyclic) bond motifs is 1. The molecule has 3 N–H and O–H groups in total. The van der Waals surface area contributed by atoms with Gasteiger partial charge in [-0.25, -0.2) is 14.8 Å². The van der Waals surface area contributed by atoms with Crippen LogP contribution in [-0.4, -0.2) is 27.8 Å². The number of carboxylic acid groups (broad SMARTS) is 1. The second kappa shape index (κ2) is 7.14. The molecule has 0 saturated heterocycles. The Balaban J connectivity index is 2.15. The van der Waals surface area contributed by atoms with Crippen molar-refractivity contribution in [3.8, 4) is 11.3 Å². The molecule has 0 unspecified atom stereocenters. The maximum absolute atomic E-state index is 11.8. The number of benzene rings is 2. The fourth-order valence-corrected chi connectivity index (χ4v) is 2.97. The van der Waals surface area contributed by atoms with Gasteiger partial charge in [-0.15, -0.1) is 11.6 Å². The van der Waals surface area contributed by atoms with Gasteiger partial charge in [-0.2, -0.15) is 0 Å². The Labute approximate surface area is 156 Å². The summed E-state index contributed by atoms with van der Waals surface area (Å²) >= 11 is 5.64. The van der Waals surface area contributed by atoms with Crippen LogP contribution in [0.1, 0.15) is 21.5 Å². The van der Waals surface area contributed by atoms with E-state index in [4.69, 9.17) is 22.3 Å². The molecule has 6 heteroatoms. The topological polar surface area (TPSA) is 88.6 Å². The number of nitrogens with two attached hydrogens (primary N) is 1. The molecule has 132 valence electrons. The Hall–Kier alpha value is -2.92. The van der Waals surface area contributed by atoms with Crippen molar-refractivity contribution in [2.24, 2.45) is 10.7 Å². The Morgan fingerprint density at radius 1 is 1.19 bits per heavy atom. The first-order chi connectivity index (χ1) is 12.4. The number of aryl methyl sites for hydroxylation is 2. The molecule has 0 saturated carbocycles. The van der Waals surface area contributed by atoms with Gasteiger partial charge in [0.25, 0.3) is 0 Å². The molecule has 2 aromatic carbocycles. The molecule has 0 amide bonds. The molecular formula is C20H18ClN3O2. The third-order valence-electron chi connectivity index (χ3n) is 4.05. The lowest BCUT2D eigenvalue weighted by Crippen LogP contribution is -2.12.